The molecule has 0 unspecified atom stereocenters. The van der Waals surface area contributed by atoms with Crippen LogP contribution in [0, 0.1) is 6.92 Å². The fourth-order valence-electron chi connectivity index (χ4n) is 1.34. The molecule has 1 aromatic heterocycles. The van der Waals surface area contributed by atoms with Crippen molar-refractivity contribution in [3.63, 3.8) is 0 Å². The number of aromatic nitrogens is 1. The zero-order chi connectivity index (χ0) is 12.3. The van der Waals surface area contributed by atoms with E-state index >= 15 is 0 Å². The molecule has 0 aliphatic heterocycles. The minimum Gasteiger partial charge on any atom is -0.246 e. The van der Waals surface area contributed by atoms with Gasteiger partial charge in [-0.2, -0.15) is 0 Å². The van der Waals surface area contributed by atoms with E-state index in [1.807, 2.05) is 43.3 Å². The molecule has 0 atom stereocenters. The van der Waals surface area contributed by atoms with Gasteiger partial charge in [-0.3, -0.25) is 0 Å². The first kappa shape index (κ1) is 12.9. The Balaban J connectivity index is 2.02. The lowest BCUT2D eigenvalue weighted by Gasteiger charge is -2.03. The van der Waals surface area contributed by atoms with Crippen molar-refractivity contribution in [2.45, 2.75) is 17.7 Å². The van der Waals surface area contributed by atoms with Crippen molar-refractivity contribution in [1.29, 1.82) is 0 Å². The first-order valence-electron chi connectivity index (χ1n) is 5.15. The standard InChI is InChI=1S/C13H11BrClNS/c1-9-12(14)6-7-13(16-9)17-8-10-2-4-11(15)5-3-10/h2-7H,8H2,1H3. The van der Waals surface area contributed by atoms with Gasteiger partial charge in [0.2, 0.25) is 0 Å². The Bertz CT molecular complexity index is 513. The maximum absolute atomic E-state index is 5.84. The van der Waals surface area contributed by atoms with Gasteiger partial charge in [-0.25, -0.2) is 4.98 Å². The predicted octanol–water partition coefficient (Wildman–Crippen LogP) is 5.10. The second kappa shape index (κ2) is 5.89. The molecule has 1 aromatic carbocycles. The first-order valence-corrected chi connectivity index (χ1v) is 7.31. The average Bonchev–Trinajstić information content (AvgIpc) is 2.33. The number of benzene rings is 1. The fraction of sp³-hybridized carbons (Fsp3) is 0.154. The number of pyridine rings is 1. The van der Waals surface area contributed by atoms with E-state index in [1.54, 1.807) is 11.8 Å². The molecule has 0 fully saturated rings. The molecule has 0 aliphatic carbocycles. The van der Waals surface area contributed by atoms with Crippen molar-refractivity contribution >= 4 is 39.3 Å². The molecular weight excluding hydrogens is 318 g/mol. The molecule has 0 N–H and O–H groups in total. The summed E-state index contributed by atoms with van der Waals surface area (Å²) in [5.74, 6) is 0.908. The number of thioether (sulfide) groups is 1. The van der Waals surface area contributed by atoms with Crippen LogP contribution in [0.2, 0.25) is 5.02 Å². The highest BCUT2D eigenvalue weighted by Crippen LogP contribution is 2.24. The molecule has 0 radical (unpaired) electrons. The Morgan fingerprint density at radius 1 is 1.18 bits per heavy atom. The molecule has 1 nitrogen and oxygen atoms in total. The lowest BCUT2D eigenvalue weighted by Crippen LogP contribution is -1.87. The highest BCUT2D eigenvalue weighted by Gasteiger charge is 2.01. The summed E-state index contributed by atoms with van der Waals surface area (Å²) in [5, 5.41) is 1.82. The lowest BCUT2D eigenvalue weighted by molar-refractivity contribution is 1.05. The van der Waals surface area contributed by atoms with E-state index in [-0.39, 0.29) is 0 Å². The number of hydrogen-bond donors (Lipinski definition) is 0. The van der Waals surface area contributed by atoms with E-state index in [9.17, 15) is 0 Å². The Morgan fingerprint density at radius 2 is 1.88 bits per heavy atom. The summed E-state index contributed by atoms with van der Waals surface area (Å²) in [7, 11) is 0. The molecule has 0 spiro atoms. The van der Waals surface area contributed by atoms with Gasteiger partial charge >= 0.3 is 0 Å². The maximum Gasteiger partial charge on any atom is 0.0967 e. The summed E-state index contributed by atoms with van der Waals surface area (Å²) in [6, 6.07) is 12.0. The smallest absolute Gasteiger partial charge is 0.0967 e. The van der Waals surface area contributed by atoms with Crippen LogP contribution < -0.4 is 0 Å². The van der Waals surface area contributed by atoms with Crippen LogP contribution >= 0.6 is 39.3 Å². The fourth-order valence-corrected chi connectivity index (χ4v) is 2.56. The second-order valence-corrected chi connectivity index (χ2v) is 5.92. The highest BCUT2D eigenvalue weighted by molar-refractivity contribution is 9.10. The molecule has 0 amide bonds. The van der Waals surface area contributed by atoms with Crippen molar-refractivity contribution in [2.24, 2.45) is 0 Å². The SMILES string of the molecule is Cc1nc(SCc2ccc(Cl)cc2)ccc1Br. The summed E-state index contributed by atoms with van der Waals surface area (Å²) in [4.78, 5) is 4.50. The van der Waals surface area contributed by atoms with Crippen LogP contribution in [0.5, 0.6) is 0 Å². The number of halogens is 2. The van der Waals surface area contributed by atoms with Gasteiger partial charge in [0.15, 0.2) is 0 Å². The zero-order valence-electron chi connectivity index (χ0n) is 9.28. The van der Waals surface area contributed by atoms with Crippen LogP contribution in [0.1, 0.15) is 11.3 Å². The summed E-state index contributed by atoms with van der Waals surface area (Å²) in [6.45, 7) is 2.00. The summed E-state index contributed by atoms with van der Waals surface area (Å²) in [6.07, 6.45) is 0. The molecule has 4 heteroatoms. The van der Waals surface area contributed by atoms with Crippen molar-refractivity contribution < 1.29 is 0 Å². The summed E-state index contributed by atoms with van der Waals surface area (Å²) >= 11 is 11.0. The van der Waals surface area contributed by atoms with Crippen molar-refractivity contribution in [3.8, 4) is 0 Å². The van der Waals surface area contributed by atoms with Crippen LogP contribution in [0.15, 0.2) is 45.9 Å². The van der Waals surface area contributed by atoms with E-state index < -0.39 is 0 Å². The third-order valence-corrected chi connectivity index (χ3v) is 4.39. The Morgan fingerprint density at radius 3 is 2.53 bits per heavy atom. The third-order valence-electron chi connectivity index (χ3n) is 2.30. The van der Waals surface area contributed by atoms with E-state index in [0.29, 0.717) is 0 Å². The average molecular weight is 329 g/mol. The molecule has 2 aromatic rings. The van der Waals surface area contributed by atoms with E-state index in [1.165, 1.54) is 5.56 Å². The van der Waals surface area contributed by atoms with Gasteiger partial charge in [-0.05, 0) is 52.7 Å². The summed E-state index contributed by atoms with van der Waals surface area (Å²) < 4.78 is 1.05. The van der Waals surface area contributed by atoms with Crippen LogP contribution in [-0.2, 0) is 5.75 Å². The second-order valence-electron chi connectivity index (χ2n) is 3.63. The van der Waals surface area contributed by atoms with Gasteiger partial charge < -0.3 is 0 Å². The monoisotopic (exact) mass is 327 g/mol. The normalized spacial score (nSPS) is 10.5. The van der Waals surface area contributed by atoms with Crippen molar-refractivity contribution in [1.82, 2.24) is 4.98 Å². The third kappa shape index (κ3) is 3.73. The molecular formula is C13H11BrClNS. The molecule has 2 rings (SSSR count). The number of aryl methyl sites for hydroxylation is 1. The molecule has 0 aliphatic rings. The predicted molar refractivity (Wildman–Crippen MR) is 77.7 cm³/mol. The van der Waals surface area contributed by atoms with E-state index in [0.717, 1.165) is 26.0 Å². The van der Waals surface area contributed by atoms with Crippen molar-refractivity contribution in [3.05, 3.63) is 57.2 Å². The molecule has 0 saturated heterocycles. The first-order chi connectivity index (χ1) is 8.15. The molecule has 1 heterocycles. The Labute approximate surface area is 119 Å². The van der Waals surface area contributed by atoms with Crippen molar-refractivity contribution in [2.75, 3.05) is 0 Å². The quantitative estimate of drug-likeness (QED) is 0.727. The maximum atomic E-state index is 5.84. The van der Waals surface area contributed by atoms with Gasteiger partial charge in [0.05, 0.1) is 10.7 Å². The molecule has 0 bridgehead atoms. The molecule has 17 heavy (non-hydrogen) atoms. The van der Waals surface area contributed by atoms with Gasteiger partial charge in [0.1, 0.15) is 0 Å². The van der Waals surface area contributed by atoms with Gasteiger partial charge in [-0.1, -0.05) is 23.7 Å². The minimum absolute atomic E-state index is 0.774. The largest absolute Gasteiger partial charge is 0.246 e. The van der Waals surface area contributed by atoms with Crippen LogP contribution in [0.4, 0.5) is 0 Å². The number of hydrogen-bond acceptors (Lipinski definition) is 2. The highest BCUT2D eigenvalue weighted by atomic mass is 79.9. The number of rotatable bonds is 3. The van der Waals surface area contributed by atoms with Crippen LogP contribution in [0.25, 0.3) is 0 Å². The van der Waals surface area contributed by atoms with Crippen LogP contribution in [-0.4, -0.2) is 4.98 Å². The Kier molecular flexibility index (Phi) is 4.48. The Hall–Kier alpha value is -0.510. The minimum atomic E-state index is 0.774. The van der Waals surface area contributed by atoms with Gasteiger partial charge in [-0.15, -0.1) is 11.8 Å². The number of nitrogens with zero attached hydrogens (tertiary/aromatic N) is 1. The lowest BCUT2D eigenvalue weighted by atomic mass is 10.2. The van der Waals surface area contributed by atoms with E-state index in [4.69, 9.17) is 11.6 Å². The zero-order valence-corrected chi connectivity index (χ0v) is 12.4. The van der Waals surface area contributed by atoms with Gasteiger partial charge in [0, 0.05) is 15.2 Å². The van der Waals surface area contributed by atoms with Crippen LogP contribution in [0.3, 0.4) is 0 Å². The summed E-state index contributed by atoms with van der Waals surface area (Å²) in [5.41, 5.74) is 2.27. The topological polar surface area (TPSA) is 12.9 Å². The van der Waals surface area contributed by atoms with E-state index in [2.05, 4.69) is 20.9 Å². The molecule has 0 saturated carbocycles. The van der Waals surface area contributed by atoms with Gasteiger partial charge in [0.25, 0.3) is 0 Å². The molecule has 88 valence electrons.